The molecule has 1 N–H and O–H groups in total. The van der Waals surface area contributed by atoms with Crippen LogP contribution < -0.4 is 5.32 Å². The summed E-state index contributed by atoms with van der Waals surface area (Å²) in [7, 11) is 0. The SMILES string of the molecule is C=CCCOC(C)C(=O)Nc1sc(C(=O)OCC)c(C)c1C#N. The lowest BCUT2D eigenvalue weighted by molar-refractivity contribution is -0.126. The standard InChI is InChI=1S/C16H20N2O4S/c1-5-7-8-22-11(4)14(19)18-15-12(9-17)10(3)13(23-15)16(20)21-6-2/h5,11H,1,6-8H2,2-4H3,(H,18,19). The first kappa shape index (κ1) is 18.9. The number of amides is 1. The van der Waals surface area contributed by atoms with E-state index >= 15 is 0 Å². The third kappa shape index (κ3) is 4.91. The van der Waals surface area contributed by atoms with Crippen molar-refractivity contribution in [2.45, 2.75) is 33.3 Å². The Balaban J connectivity index is 2.89. The molecule has 0 spiro atoms. The Morgan fingerprint density at radius 3 is 2.78 bits per heavy atom. The van der Waals surface area contributed by atoms with Crippen LogP contribution in [0.3, 0.4) is 0 Å². The number of anilines is 1. The normalized spacial score (nSPS) is 11.4. The predicted molar refractivity (Wildman–Crippen MR) is 88.6 cm³/mol. The molecule has 1 amide bonds. The van der Waals surface area contributed by atoms with Gasteiger partial charge in [-0.25, -0.2) is 4.79 Å². The van der Waals surface area contributed by atoms with E-state index in [0.717, 1.165) is 11.3 Å². The third-order valence-electron chi connectivity index (χ3n) is 3.02. The Hall–Kier alpha value is -2.17. The average Bonchev–Trinajstić information content (AvgIpc) is 2.83. The first-order valence-electron chi connectivity index (χ1n) is 7.20. The first-order chi connectivity index (χ1) is 11.0. The molecule has 0 aliphatic rings. The van der Waals surface area contributed by atoms with Crippen molar-refractivity contribution >= 4 is 28.2 Å². The summed E-state index contributed by atoms with van der Waals surface area (Å²) in [6, 6.07) is 2.01. The molecule has 1 heterocycles. The molecule has 1 aromatic rings. The molecule has 124 valence electrons. The van der Waals surface area contributed by atoms with Gasteiger partial charge in [0.2, 0.25) is 0 Å². The maximum absolute atomic E-state index is 12.1. The number of hydrogen-bond acceptors (Lipinski definition) is 6. The summed E-state index contributed by atoms with van der Waals surface area (Å²) in [6.07, 6.45) is 1.67. The molecule has 0 radical (unpaired) electrons. The fourth-order valence-electron chi connectivity index (χ4n) is 1.74. The number of nitriles is 1. The van der Waals surface area contributed by atoms with Crippen molar-refractivity contribution in [2.24, 2.45) is 0 Å². The van der Waals surface area contributed by atoms with Crippen LogP contribution in [-0.2, 0) is 14.3 Å². The molecule has 0 aliphatic carbocycles. The van der Waals surface area contributed by atoms with Crippen LogP contribution in [-0.4, -0.2) is 31.2 Å². The Morgan fingerprint density at radius 1 is 1.52 bits per heavy atom. The highest BCUT2D eigenvalue weighted by Crippen LogP contribution is 2.33. The van der Waals surface area contributed by atoms with E-state index in [4.69, 9.17) is 9.47 Å². The van der Waals surface area contributed by atoms with Crippen LogP contribution in [0.25, 0.3) is 0 Å². The van der Waals surface area contributed by atoms with Crippen LogP contribution in [0.1, 0.15) is 41.1 Å². The van der Waals surface area contributed by atoms with E-state index in [1.807, 2.05) is 6.07 Å². The Bertz CT molecular complexity index is 631. The molecule has 1 rings (SSSR count). The van der Waals surface area contributed by atoms with Crippen molar-refractivity contribution in [2.75, 3.05) is 18.5 Å². The zero-order valence-corrected chi connectivity index (χ0v) is 14.3. The summed E-state index contributed by atoms with van der Waals surface area (Å²) < 4.78 is 10.3. The highest BCUT2D eigenvalue weighted by molar-refractivity contribution is 7.18. The van der Waals surface area contributed by atoms with Gasteiger partial charge in [0.05, 0.1) is 18.8 Å². The second-order valence-corrected chi connectivity index (χ2v) is 5.69. The minimum atomic E-state index is -0.671. The number of nitrogens with zero attached hydrogens (tertiary/aromatic N) is 1. The summed E-state index contributed by atoms with van der Waals surface area (Å²) in [5.41, 5.74) is 0.774. The first-order valence-corrected chi connectivity index (χ1v) is 8.01. The van der Waals surface area contributed by atoms with Gasteiger partial charge in [-0.1, -0.05) is 6.08 Å². The maximum atomic E-state index is 12.1. The van der Waals surface area contributed by atoms with E-state index in [1.165, 1.54) is 0 Å². The van der Waals surface area contributed by atoms with E-state index in [9.17, 15) is 14.9 Å². The summed E-state index contributed by atoms with van der Waals surface area (Å²) in [6.45, 7) is 9.19. The lowest BCUT2D eigenvalue weighted by atomic mass is 10.2. The summed E-state index contributed by atoms with van der Waals surface area (Å²) >= 11 is 1.03. The maximum Gasteiger partial charge on any atom is 0.348 e. The van der Waals surface area contributed by atoms with Crippen molar-refractivity contribution < 1.29 is 19.1 Å². The van der Waals surface area contributed by atoms with Crippen molar-refractivity contribution in [1.29, 1.82) is 5.26 Å². The van der Waals surface area contributed by atoms with Gasteiger partial charge < -0.3 is 14.8 Å². The molecular formula is C16H20N2O4S. The molecule has 7 heteroatoms. The number of hydrogen-bond donors (Lipinski definition) is 1. The quantitative estimate of drug-likeness (QED) is 0.448. The second-order valence-electron chi connectivity index (χ2n) is 4.67. The van der Waals surface area contributed by atoms with Crippen molar-refractivity contribution in [3.63, 3.8) is 0 Å². The van der Waals surface area contributed by atoms with E-state index in [2.05, 4.69) is 11.9 Å². The molecule has 0 aromatic carbocycles. The van der Waals surface area contributed by atoms with E-state index in [-0.39, 0.29) is 18.1 Å². The zero-order chi connectivity index (χ0) is 17.4. The number of esters is 1. The van der Waals surface area contributed by atoms with E-state index in [1.54, 1.807) is 26.8 Å². The lowest BCUT2D eigenvalue weighted by Gasteiger charge is -2.12. The monoisotopic (exact) mass is 336 g/mol. The molecule has 6 nitrogen and oxygen atoms in total. The number of carbonyl (C=O) groups is 2. The van der Waals surface area contributed by atoms with Gasteiger partial charge in [-0.15, -0.1) is 17.9 Å². The van der Waals surface area contributed by atoms with Crippen LogP contribution in [0, 0.1) is 18.3 Å². The van der Waals surface area contributed by atoms with Crippen LogP contribution in [0.2, 0.25) is 0 Å². The molecule has 1 atom stereocenters. The third-order valence-corrected chi connectivity index (χ3v) is 4.20. The van der Waals surface area contributed by atoms with Crippen LogP contribution in [0.15, 0.2) is 12.7 Å². The van der Waals surface area contributed by atoms with Gasteiger partial charge in [0, 0.05) is 0 Å². The second kappa shape index (κ2) is 9.08. The minimum Gasteiger partial charge on any atom is -0.462 e. The van der Waals surface area contributed by atoms with Crippen molar-refractivity contribution in [1.82, 2.24) is 0 Å². The van der Waals surface area contributed by atoms with Crippen LogP contribution in [0.4, 0.5) is 5.00 Å². The molecule has 0 fully saturated rings. The topological polar surface area (TPSA) is 88.4 Å². The van der Waals surface area contributed by atoms with Gasteiger partial charge >= 0.3 is 5.97 Å². The average molecular weight is 336 g/mol. The van der Waals surface area contributed by atoms with E-state index < -0.39 is 12.1 Å². The van der Waals surface area contributed by atoms with Gasteiger partial charge in [-0.3, -0.25) is 4.79 Å². The van der Waals surface area contributed by atoms with Crippen LogP contribution >= 0.6 is 11.3 Å². The Kier molecular flexibility index (Phi) is 7.45. The zero-order valence-electron chi connectivity index (χ0n) is 13.5. The van der Waals surface area contributed by atoms with Crippen molar-refractivity contribution in [3.05, 3.63) is 28.7 Å². The molecule has 1 aromatic heterocycles. The van der Waals surface area contributed by atoms with Gasteiger partial charge in [-0.2, -0.15) is 5.26 Å². The van der Waals surface area contributed by atoms with Gasteiger partial charge in [0.15, 0.2) is 0 Å². The molecule has 0 aliphatic heterocycles. The molecule has 23 heavy (non-hydrogen) atoms. The number of nitrogens with one attached hydrogen (secondary N) is 1. The number of thiophene rings is 1. The Labute approximate surface area is 139 Å². The Morgan fingerprint density at radius 2 is 2.22 bits per heavy atom. The lowest BCUT2D eigenvalue weighted by Crippen LogP contribution is -2.27. The molecule has 0 saturated heterocycles. The minimum absolute atomic E-state index is 0.244. The predicted octanol–water partition coefficient (Wildman–Crippen LogP) is 3.02. The summed E-state index contributed by atoms with van der Waals surface area (Å²) in [4.78, 5) is 24.3. The largest absolute Gasteiger partial charge is 0.462 e. The van der Waals surface area contributed by atoms with Gasteiger partial charge in [0.25, 0.3) is 5.91 Å². The molecule has 0 saturated carbocycles. The number of rotatable bonds is 8. The summed E-state index contributed by atoms with van der Waals surface area (Å²) in [5, 5.41) is 12.2. The highest BCUT2D eigenvalue weighted by atomic mass is 32.1. The summed E-state index contributed by atoms with van der Waals surface area (Å²) in [5.74, 6) is -0.871. The fourth-order valence-corrected chi connectivity index (χ4v) is 2.80. The molecule has 0 bridgehead atoms. The fraction of sp³-hybridized carbons (Fsp3) is 0.438. The highest BCUT2D eigenvalue weighted by Gasteiger charge is 2.23. The van der Waals surface area contributed by atoms with Gasteiger partial charge in [0.1, 0.15) is 22.1 Å². The van der Waals surface area contributed by atoms with Crippen molar-refractivity contribution in [3.8, 4) is 6.07 Å². The smallest absolute Gasteiger partial charge is 0.348 e. The molecule has 1 unspecified atom stereocenters. The number of carbonyl (C=O) groups excluding carboxylic acids is 2. The molecular weight excluding hydrogens is 316 g/mol. The van der Waals surface area contributed by atoms with Gasteiger partial charge in [-0.05, 0) is 32.8 Å². The van der Waals surface area contributed by atoms with E-state index in [0.29, 0.717) is 28.5 Å². The van der Waals surface area contributed by atoms with Crippen LogP contribution in [0.5, 0.6) is 0 Å². The number of ether oxygens (including phenoxy) is 2.